The first-order valence-corrected chi connectivity index (χ1v) is 13.1. The molecule has 0 saturated heterocycles. The minimum absolute atomic E-state index is 0.0229. The lowest BCUT2D eigenvalue weighted by Gasteiger charge is -2.37. The Morgan fingerprint density at radius 1 is 1.24 bits per heavy atom. The van der Waals surface area contributed by atoms with Gasteiger partial charge in [0.05, 0.1) is 4.90 Å². The van der Waals surface area contributed by atoms with Crippen LogP contribution in [0.2, 0.25) is 0 Å². The van der Waals surface area contributed by atoms with E-state index in [0.29, 0.717) is 18.9 Å². The highest BCUT2D eigenvalue weighted by atomic mass is 32.2. The summed E-state index contributed by atoms with van der Waals surface area (Å²) in [6.07, 6.45) is 6.86. The van der Waals surface area contributed by atoms with Gasteiger partial charge in [-0.15, -0.1) is 0 Å². The zero-order chi connectivity index (χ0) is 24.9. The van der Waals surface area contributed by atoms with Crippen LogP contribution in [-0.4, -0.2) is 37.8 Å². The van der Waals surface area contributed by atoms with Gasteiger partial charge in [0.25, 0.3) is 0 Å². The van der Waals surface area contributed by atoms with Crippen LogP contribution < -0.4 is 4.72 Å². The summed E-state index contributed by atoms with van der Waals surface area (Å²) in [5.74, 6) is 0.322. The molecule has 0 aliphatic heterocycles. The molecule has 1 aliphatic carbocycles. The number of carbonyl (C=O) groups is 1. The Kier molecular flexibility index (Phi) is 8.60. The molecule has 184 valence electrons. The molecular formula is C26H34FN3O3S. The number of nitrogens with zero attached hydrogens (tertiary/aromatic N) is 2. The van der Waals surface area contributed by atoms with Crippen molar-refractivity contribution in [2.45, 2.75) is 45.1 Å². The maximum Gasteiger partial charge on any atom is 0.240 e. The van der Waals surface area contributed by atoms with Crippen molar-refractivity contribution in [2.75, 3.05) is 13.6 Å². The predicted octanol–water partition coefficient (Wildman–Crippen LogP) is 4.40. The zero-order valence-corrected chi connectivity index (χ0v) is 21.1. The smallest absolute Gasteiger partial charge is 0.240 e. The lowest BCUT2D eigenvalue weighted by atomic mass is 9.70. The third-order valence-corrected chi connectivity index (χ3v) is 8.15. The maximum atomic E-state index is 13.2. The molecule has 8 heteroatoms. The van der Waals surface area contributed by atoms with Gasteiger partial charge in [0, 0.05) is 39.0 Å². The van der Waals surface area contributed by atoms with Gasteiger partial charge in [-0.25, -0.2) is 17.5 Å². The molecule has 0 spiro atoms. The number of nitrogens with one attached hydrogen (secondary N) is 1. The first-order valence-electron chi connectivity index (χ1n) is 11.6. The number of carbonyl (C=O) groups excluding carboxylic acids is 1. The first-order chi connectivity index (χ1) is 16.1. The van der Waals surface area contributed by atoms with Gasteiger partial charge in [-0.05, 0) is 72.9 Å². The van der Waals surface area contributed by atoms with E-state index in [1.54, 1.807) is 17.3 Å². The van der Waals surface area contributed by atoms with Crippen molar-refractivity contribution < 1.29 is 17.6 Å². The van der Waals surface area contributed by atoms with Crippen LogP contribution in [0.5, 0.6) is 0 Å². The Balaban J connectivity index is 1.66. The molecular weight excluding hydrogens is 453 g/mol. The van der Waals surface area contributed by atoms with Gasteiger partial charge in [-0.2, -0.15) is 0 Å². The van der Waals surface area contributed by atoms with Gasteiger partial charge >= 0.3 is 0 Å². The number of halogens is 1. The molecule has 1 aromatic heterocycles. The van der Waals surface area contributed by atoms with Crippen LogP contribution in [0, 0.1) is 29.5 Å². The van der Waals surface area contributed by atoms with E-state index in [1.165, 1.54) is 12.1 Å². The van der Waals surface area contributed by atoms with Crippen LogP contribution in [0.15, 0.2) is 65.3 Å². The van der Waals surface area contributed by atoms with Crippen LogP contribution >= 0.6 is 0 Å². The molecule has 34 heavy (non-hydrogen) atoms. The van der Waals surface area contributed by atoms with Crippen molar-refractivity contribution in [3.8, 4) is 0 Å². The van der Waals surface area contributed by atoms with Crippen molar-refractivity contribution in [1.82, 2.24) is 14.6 Å². The summed E-state index contributed by atoms with van der Waals surface area (Å²) in [6.45, 7) is 7.07. The fourth-order valence-corrected chi connectivity index (χ4v) is 5.70. The topological polar surface area (TPSA) is 79.4 Å². The second kappa shape index (κ2) is 11.2. The number of allylic oxidation sites excluding steroid dienone is 1. The standard InChI is InChI=1S/C26H34FN3O3S/c1-18(2)25-13-21(14-26(31)30(4)17-20-6-5-11-28-15-20)19(3)12-22(25)16-29-34(32,33)24-9-7-23(27)8-10-24/h5-12,15,18,21-22,25,29H,13-14,16-17H2,1-4H3. The largest absolute Gasteiger partial charge is 0.341 e. The molecule has 1 N–H and O–H groups in total. The van der Waals surface area contributed by atoms with E-state index < -0.39 is 15.8 Å². The van der Waals surface area contributed by atoms with Crippen LogP contribution in [0.4, 0.5) is 4.39 Å². The molecule has 1 amide bonds. The SMILES string of the molecule is CC1=CC(CNS(=O)(=O)c2ccc(F)cc2)C(C(C)C)CC1CC(=O)N(C)Cc1cccnc1. The van der Waals surface area contributed by atoms with E-state index >= 15 is 0 Å². The Labute approximate surface area is 202 Å². The molecule has 1 aromatic carbocycles. The number of benzene rings is 1. The summed E-state index contributed by atoms with van der Waals surface area (Å²) in [5.41, 5.74) is 2.11. The van der Waals surface area contributed by atoms with E-state index in [0.717, 1.165) is 29.7 Å². The Morgan fingerprint density at radius 3 is 2.56 bits per heavy atom. The van der Waals surface area contributed by atoms with Crippen molar-refractivity contribution in [2.24, 2.45) is 23.7 Å². The van der Waals surface area contributed by atoms with Crippen LogP contribution in [0.25, 0.3) is 0 Å². The highest BCUT2D eigenvalue weighted by Crippen LogP contribution is 2.39. The molecule has 3 unspecified atom stereocenters. The summed E-state index contributed by atoms with van der Waals surface area (Å²) < 4.78 is 41.2. The zero-order valence-electron chi connectivity index (χ0n) is 20.2. The van der Waals surface area contributed by atoms with Gasteiger partial charge in [0.1, 0.15) is 5.82 Å². The van der Waals surface area contributed by atoms with Gasteiger partial charge in [0.15, 0.2) is 0 Å². The van der Waals surface area contributed by atoms with Crippen LogP contribution in [0.1, 0.15) is 39.2 Å². The summed E-state index contributed by atoms with van der Waals surface area (Å²) >= 11 is 0. The van der Waals surface area contributed by atoms with Crippen LogP contribution in [0.3, 0.4) is 0 Å². The second-order valence-electron chi connectivity index (χ2n) is 9.54. The summed E-state index contributed by atoms with van der Waals surface area (Å²) in [4.78, 5) is 18.8. The van der Waals surface area contributed by atoms with Crippen molar-refractivity contribution in [3.63, 3.8) is 0 Å². The number of sulfonamides is 1. The molecule has 0 fully saturated rings. The lowest BCUT2D eigenvalue weighted by Crippen LogP contribution is -2.38. The average Bonchev–Trinajstić information content (AvgIpc) is 2.79. The average molecular weight is 488 g/mol. The minimum atomic E-state index is -3.73. The van der Waals surface area contributed by atoms with Crippen molar-refractivity contribution >= 4 is 15.9 Å². The highest BCUT2D eigenvalue weighted by Gasteiger charge is 2.33. The van der Waals surface area contributed by atoms with E-state index in [9.17, 15) is 17.6 Å². The Morgan fingerprint density at radius 2 is 1.94 bits per heavy atom. The molecule has 1 aliphatic rings. The van der Waals surface area contributed by atoms with Gasteiger partial charge in [-0.3, -0.25) is 9.78 Å². The molecule has 0 radical (unpaired) electrons. The molecule has 0 bridgehead atoms. The van der Waals surface area contributed by atoms with Gasteiger partial charge in [0.2, 0.25) is 15.9 Å². The number of rotatable bonds is 9. The normalized spacial score (nSPS) is 20.8. The summed E-state index contributed by atoms with van der Waals surface area (Å²) in [6, 6.07) is 8.63. The molecule has 3 atom stereocenters. The monoisotopic (exact) mass is 487 g/mol. The number of aromatic nitrogens is 1. The predicted molar refractivity (Wildman–Crippen MR) is 131 cm³/mol. The molecule has 6 nitrogen and oxygen atoms in total. The van der Waals surface area contributed by atoms with Crippen molar-refractivity contribution in [3.05, 3.63) is 71.8 Å². The third kappa shape index (κ3) is 6.73. The fraction of sp³-hybridized carbons (Fsp3) is 0.462. The maximum absolute atomic E-state index is 13.2. The van der Waals surface area contributed by atoms with Gasteiger partial charge in [-0.1, -0.05) is 31.6 Å². The molecule has 3 rings (SSSR count). The van der Waals surface area contributed by atoms with Gasteiger partial charge < -0.3 is 4.90 Å². The summed E-state index contributed by atoms with van der Waals surface area (Å²) in [5, 5.41) is 0. The molecule has 1 heterocycles. The highest BCUT2D eigenvalue weighted by molar-refractivity contribution is 7.89. The Hall–Kier alpha value is -2.58. The number of hydrogen-bond donors (Lipinski definition) is 1. The fourth-order valence-electron chi connectivity index (χ4n) is 4.63. The number of pyridine rings is 1. The number of amides is 1. The van der Waals surface area contributed by atoms with E-state index in [1.807, 2.05) is 26.1 Å². The van der Waals surface area contributed by atoms with E-state index in [2.05, 4.69) is 29.6 Å². The van der Waals surface area contributed by atoms with Crippen LogP contribution in [-0.2, 0) is 21.4 Å². The van der Waals surface area contributed by atoms with E-state index in [4.69, 9.17) is 0 Å². The van der Waals surface area contributed by atoms with Crippen molar-refractivity contribution in [1.29, 1.82) is 0 Å². The Bertz CT molecular complexity index is 1100. The lowest BCUT2D eigenvalue weighted by molar-refractivity contribution is -0.131. The summed E-state index contributed by atoms with van der Waals surface area (Å²) in [7, 11) is -1.92. The minimum Gasteiger partial charge on any atom is -0.341 e. The second-order valence-corrected chi connectivity index (χ2v) is 11.3. The number of hydrogen-bond acceptors (Lipinski definition) is 4. The quantitative estimate of drug-likeness (QED) is 0.532. The third-order valence-electron chi connectivity index (χ3n) is 6.71. The molecule has 2 aromatic rings. The first kappa shape index (κ1) is 26.0. The molecule has 0 saturated carbocycles. The van der Waals surface area contributed by atoms with E-state index in [-0.39, 0.29) is 35.1 Å².